The first kappa shape index (κ1) is 26.1. The summed E-state index contributed by atoms with van der Waals surface area (Å²) in [4.78, 5) is 44.6. The number of nitrogens with zero attached hydrogens (tertiary/aromatic N) is 2. The molecular formula is C20H31Cl2N5O3. The second kappa shape index (κ2) is 10.4. The summed E-state index contributed by atoms with van der Waals surface area (Å²) in [6.07, 6.45) is 1.97. The van der Waals surface area contributed by atoms with Crippen molar-refractivity contribution in [1.29, 1.82) is 0 Å². The zero-order valence-electron chi connectivity index (χ0n) is 17.8. The monoisotopic (exact) mass is 459 g/mol. The van der Waals surface area contributed by atoms with Gasteiger partial charge in [-0.05, 0) is 50.3 Å². The molecule has 3 N–H and O–H groups in total. The normalized spacial score (nSPS) is 15.4. The van der Waals surface area contributed by atoms with Crippen LogP contribution in [0.15, 0.2) is 15.7 Å². The van der Waals surface area contributed by atoms with Gasteiger partial charge in [-0.15, -0.1) is 24.8 Å². The Morgan fingerprint density at radius 1 is 1.27 bits per heavy atom. The number of hydrogen-bond donors (Lipinski definition) is 3. The molecule has 0 bridgehead atoms. The van der Waals surface area contributed by atoms with Gasteiger partial charge in [0.25, 0.3) is 11.5 Å². The Hall–Kier alpha value is -1.90. The van der Waals surface area contributed by atoms with E-state index in [1.165, 1.54) is 4.57 Å². The van der Waals surface area contributed by atoms with Crippen molar-refractivity contribution >= 4 is 41.8 Å². The van der Waals surface area contributed by atoms with E-state index >= 15 is 0 Å². The van der Waals surface area contributed by atoms with E-state index in [1.807, 2.05) is 13.8 Å². The van der Waals surface area contributed by atoms with Gasteiger partial charge in [-0.2, -0.15) is 0 Å². The van der Waals surface area contributed by atoms with Crippen LogP contribution in [0.5, 0.6) is 0 Å². The van der Waals surface area contributed by atoms with E-state index in [2.05, 4.69) is 27.5 Å². The third-order valence-corrected chi connectivity index (χ3v) is 5.61. The largest absolute Gasteiger partial charge is 0.351 e. The third-order valence-electron chi connectivity index (χ3n) is 5.61. The maximum Gasteiger partial charge on any atom is 0.329 e. The smallest absolute Gasteiger partial charge is 0.329 e. The highest BCUT2D eigenvalue weighted by Crippen LogP contribution is 2.27. The Balaban J connectivity index is 0.00000225. The van der Waals surface area contributed by atoms with Crippen molar-refractivity contribution in [2.24, 2.45) is 5.41 Å². The predicted molar refractivity (Wildman–Crippen MR) is 123 cm³/mol. The molecule has 0 unspecified atom stereocenters. The molecule has 0 spiro atoms. The molecule has 0 atom stereocenters. The zero-order chi connectivity index (χ0) is 20.5. The average Bonchev–Trinajstić information content (AvgIpc) is 2.66. The van der Waals surface area contributed by atoms with Crippen molar-refractivity contribution in [2.75, 3.05) is 19.6 Å². The standard InChI is InChI=1S/C20H29N5O3.2ClH/c1-5-25-16-15(18(27)24-19(25)28)13(10-14(23-16)12(2)3)17(26)22-11-20(4)6-8-21-9-7-20;;/h10,12,21H,5-9,11H2,1-4H3,(H,22,26)(H,24,27,28);2*1H. The van der Waals surface area contributed by atoms with Gasteiger partial charge in [0.05, 0.1) is 10.9 Å². The van der Waals surface area contributed by atoms with Gasteiger partial charge in [0.15, 0.2) is 5.65 Å². The van der Waals surface area contributed by atoms with Crippen LogP contribution in [0, 0.1) is 5.41 Å². The van der Waals surface area contributed by atoms with Crippen LogP contribution in [0.2, 0.25) is 0 Å². The molecule has 3 rings (SSSR count). The van der Waals surface area contributed by atoms with Gasteiger partial charge >= 0.3 is 5.69 Å². The first-order valence-corrected chi connectivity index (χ1v) is 9.92. The van der Waals surface area contributed by atoms with Crippen molar-refractivity contribution in [3.8, 4) is 0 Å². The molecule has 1 saturated heterocycles. The van der Waals surface area contributed by atoms with E-state index in [0.717, 1.165) is 25.9 Å². The van der Waals surface area contributed by atoms with Crippen molar-refractivity contribution in [3.05, 3.63) is 38.2 Å². The maximum atomic E-state index is 13.1. The number of halogens is 2. The number of pyridine rings is 1. The van der Waals surface area contributed by atoms with Crippen LogP contribution in [-0.2, 0) is 6.54 Å². The molecule has 1 fully saturated rings. The summed E-state index contributed by atoms with van der Waals surface area (Å²) in [5.74, 6) is -0.251. The summed E-state index contributed by atoms with van der Waals surface area (Å²) in [6.45, 7) is 10.7. The molecule has 8 nitrogen and oxygen atoms in total. The molecule has 3 heterocycles. The number of aryl methyl sites for hydroxylation is 1. The average molecular weight is 460 g/mol. The van der Waals surface area contributed by atoms with Crippen LogP contribution < -0.4 is 21.9 Å². The number of fused-ring (bicyclic) bond motifs is 1. The van der Waals surface area contributed by atoms with Crippen LogP contribution in [0.3, 0.4) is 0 Å². The lowest BCUT2D eigenvalue weighted by Gasteiger charge is -2.34. The number of aromatic amines is 1. The van der Waals surface area contributed by atoms with E-state index < -0.39 is 11.2 Å². The molecule has 0 saturated carbocycles. The first-order valence-electron chi connectivity index (χ1n) is 9.92. The van der Waals surface area contributed by atoms with E-state index in [4.69, 9.17) is 0 Å². The third kappa shape index (κ3) is 5.22. The Morgan fingerprint density at radius 3 is 2.47 bits per heavy atom. The van der Waals surface area contributed by atoms with Crippen LogP contribution in [0.1, 0.15) is 62.5 Å². The van der Waals surface area contributed by atoms with Crippen molar-refractivity contribution in [1.82, 2.24) is 25.2 Å². The Kier molecular flexibility index (Phi) is 9.07. The number of hydrogen-bond acceptors (Lipinski definition) is 5. The molecule has 0 aromatic carbocycles. The molecular weight excluding hydrogens is 429 g/mol. The number of carbonyl (C=O) groups excluding carboxylic acids is 1. The summed E-state index contributed by atoms with van der Waals surface area (Å²) in [7, 11) is 0. The summed E-state index contributed by atoms with van der Waals surface area (Å²) >= 11 is 0. The highest BCUT2D eigenvalue weighted by Gasteiger charge is 2.28. The number of amides is 1. The maximum absolute atomic E-state index is 13.1. The minimum atomic E-state index is -0.578. The van der Waals surface area contributed by atoms with Gasteiger partial charge in [-0.25, -0.2) is 9.78 Å². The predicted octanol–water partition coefficient (Wildman–Crippen LogP) is 2.19. The molecule has 30 heavy (non-hydrogen) atoms. The van der Waals surface area contributed by atoms with Gasteiger partial charge < -0.3 is 10.6 Å². The topological polar surface area (TPSA) is 109 Å². The Labute approximate surface area is 188 Å². The van der Waals surface area contributed by atoms with E-state index in [-0.39, 0.29) is 58.7 Å². The van der Waals surface area contributed by atoms with Crippen LogP contribution in [-0.4, -0.2) is 40.1 Å². The van der Waals surface area contributed by atoms with Gasteiger partial charge in [-0.3, -0.25) is 19.1 Å². The molecule has 2 aromatic heterocycles. The van der Waals surface area contributed by atoms with Crippen LogP contribution in [0.4, 0.5) is 0 Å². The number of carbonyl (C=O) groups is 1. The SMILES string of the molecule is CCn1c(=O)[nH]c(=O)c2c(C(=O)NCC3(C)CCNCC3)cc(C(C)C)nc21.Cl.Cl. The van der Waals surface area contributed by atoms with Gasteiger partial charge in [0.2, 0.25) is 0 Å². The molecule has 1 aliphatic heterocycles. The lowest BCUT2D eigenvalue weighted by atomic mass is 9.81. The van der Waals surface area contributed by atoms with E-state index in [0.29, 0.717) is 18.8 Å². The second-order valence-corrected chi connectivity index (χ2v) is 8.19. The van der Waals surface area contributed by atoms with E-state index in [9.17, 15) is 14.4 Å². The fourth-order valence-corrected chi connectivity index (χ4v) is 3.66. The van der Waals surface area contributed by atoms with Gasteiger partial charge in [0, 0.05) is 18.8 Å². The van der Waals surface area contributed by atoms with Crippen molar-refractivity contribution < 1.29 is 4.79 Å². The van der Waals surface area contributed by atoms with Crippen molar-refractivity contribution in [3.63, 3.8) is 0 Å². The summed E-state index contributed by atoms with van der Waals surface area (Å²) < 4.78 is 1.40. The molecule has 10 heteroatoms. The highest BCUT2D eigenvalue weighted by atomic mass is 35.5. The molecule has 1 amide bonds. The quantitative estimate of drug-likeness (QED) is 0.634. The lowest BCUT2D eigenvalue weighted by molar-refractivity contribution is 0.0923. The van der Waals surface area contributed by atoms with Crippen LogP contribution in [0.25, 0.3) is 11.0 Å². The lowest BCUT2D eigenvalue weighted by Crippen LogP contribution is -2.43. The fourth-order valence-electron chi connectivity index (χ4n) is 3.66. The zero-order valence-corrected chi connectivity index (χ0v) is 19.5. The number of rotatable bonds is 5. The number of piperidine rings is 1. The minimum Gasteiger partial charge on any atom is -0.351 e. The molecule has 168 valence electrons. The van der Waals surface area contributed by atoms with Gasteiger partial charge in [-0.1, -0.05) is 20.8 Å². The number of aromatic nitrogens is 3. The first-order chi connectivity index (χ1) is 13.3. The Morgan fingerprint density at radius 2 is 1.90 bits per heavy atom. The second-order valence-electron chi connectivity index (χ2n) is 8.19. The summed E-state index contributed by atoms with van der Waals surface area (Å²) in [6, 6.07) is 1.67. The molecule has 2 aromatic rings. The summed E-state index contributed by atoms with van der Waals surface area (Å²) in [5, 5.41) is 6.51. The van der Waals surface area contributed by atoms with Crippen molar-refractivity contribution in [2.45, 2.75) is 53.0 Å². The number of H-pyrrole nitrogens is 1. The molecule has 1 aliphatic rings. The fraction of sp³-hybridized carbons (Fsp3) is 0.600. The molecule has 0 radical (unpaired) electrons. The Bertz CT molecular complexity index is 1010. The minimum absolute atomic E-state index is 0. The van der Waals surface area contributed by atoms with Gasteiger partial charge in [0.1, 0.15) is 0 Å². The van der Waals surface area contributed by atoms with E-state index in [1.54, 1.807) is 13.0 Å². The highest BCUT2D eigenvalue weighted by molar-refractivity contribution is 6.05. The summed E-state index contributed by atoms with van der Waals surface area (Å²) in [5.41, 5.74) is 0.156. The van der Waals surface area contributed by atoms with Crippen LogP contribution >= 0.6 is 24.8 Å². The molecule has 0 aliphatic carbocycles. The number of nitrogens with one attached hydrogen (secondary N) is 3.